The zero-order chi connectivity index (χ0) is 25.8. The topological polar surface area (TPSA) is 67.9 Å². The number of hydrogen-bond donors (Lipinski definition) is 1. The molecule has 7 heteroatoms. The van der Waals surface area contributed by atoms with Gasteiger partial charge in [0.1, 0.15) is 11.9 Å². The van der Waals surface area contributed by atoms with Crippen LogP contribution < -0.4 is 14.8 Å². The van der Waals surface area contributed by atoms with Crippen LogP contribution >= 0.6 is 0 Å². The van der Waals surface area contributed by atoms with E-state index >= 15 is 0 Å². The molecule has 2 unspecified atom stereocenters. The minimum Gasteiger partial charge on any atom is -0.490 e. The first-order valence-electron chi connectivity index (χ1n) is 12.6. The summed E-state index contributed by atoms with van der Waals surface area (Å²) in [7, 11) is 0. The average molecular weight is 487 g/mol. The van der Waals surface area contributed by atoms with E-state index in [0.717, 1.165) is 17.5 Å². The Bertz CT molecular complexity index is 948. The molecule has 2 rings (SSSR count). The maximum Gasteiger partial charge on any atom is 0.243 e. The second-order valence-electron chi connectivity index (χ2n) is 8.54. The molecule has 0 heterocycles. The van der Waals surface area contributed by atoms with Gasteiger partial charge >= 0.3 is 0 Å². The van der Waals surface area contributed by atoms with E-state index in [-0.39, 0.29) is 36.6 Å². The lowest BCUT2D eigenvalue weighted by atomic mass is 10.1. The van der Waals surface area contributed by atoms with Crippen LogP contribution in [0.15, 0.2) is 42.5 Å². The van der Waals surface area contributed by atoms with E-state index in [9.17, 15) is 14.0 Å². The number of rotatable bonds is 14. The van der Waals surface area contributed by atoms with E-state index in [2.05, 4.69) is 5.32 Å². The van der Waals surface area contributed by atoms with Crippen LogP contribution in [0.5, 0.6) is 11.5 Å². The first kappa shape index (κ1) is 28.1. The molecule has 1 N–H and O–H groups in total. The van der Waals surface area contributed by atoms with Crippen molar-refractivity contribution in [1.82, 2.24) is 10.2 Å². The van der Waals surface area contributed by atoms with Gasteiger partial charge in [0, 0.05) is 19.0 Å². The quantitative estimate of drug-likeness (QED) is 0.395. The van der Waals surface area contributed by atoms with Gasteiger partial charge in [0.25, 0.3) is 0 Å². The molecule has 0 spiro atoms. The number of amides is 2. The molecule has 2 atom stereocenters. The fourth-order valence-corrected chi connectivity index (χ4v) is 3.79. The third-order valence-electron chi connectivity index (χ3n) is 5.89. The molecule has 35 heavy (non-hydrogen) atoms. The Hall–Kier alpha value is -3.09. The van der Waals surface area contributed by atoms with E-state index < -0.39 is 6.04 Å². The highest BCUT2D eigenvalue weighted by Crippen LogP contribution is 2.29. The van der Waals surface area contributed by atoms with Crippen LogP contribution in [0.2, 0.25) is 0 Å². The van der Waals surface area contributed by atoms with Crippen molar-refractivity contribution in [3.8, 4) is 11.5 Å². The van der Waals surface area contributed by atoms with E-state index in [1.54, 1.807) is 17.0 Å². The number of ether oxygens (including phenoxy) is 2. The van der Waals surface area contributed by atoms with Crippen LogP contribution in [0.25, 0.3) is 0 Å². The molecule has 0 aliphatic carbocycles. The maximum absolute atomic E-state index is 13.4. The van der Waals surface area contributed by atoms with Crippen LogP contribution in [-0.4, -0.2) is 42.0 Å². The Morgan fingerprint density at radius 3 is 2.14 bits per heavy atom. The van der Waals surface area contributed by atoms with Gasteiger partial charge in [-0.1, -0.05) is 32.0 Å². The van der Waals surface area contributed by atoms with Gasteiger partial charge < -0.3 is 19.7 Å². The Morgan fingerprint density at radius 1 is 0.914 bits per heavy atom. The minimum absolute atomic E-state index is 0.0140. The molecule has 0 fully saturated rings. The number of benzene rings is 2. The molecule has 2 amide bonds. The lowest BCUT2D eigenvalue weighted by Gasteiger charge is -2.31. The monoisotopic (exact) mass is 486 g/mol. The molecule has 192 valence electrons. The SMILES string of the molecule is CCOc1ccc(CCC(=O)N(Cc2ccc(F)cc2)C(CC)C(=O)NC(C)CC)cc1OCC. The van der Waals surface area contributed by atoms with Gasteiger partial charge in [0.05, 0.1) is 13.2 Å². The Morgan fingerprint density at radius 2 is 1.54 bits per heavy atom. The summed E-state index contributed by atoms with van der Waals surface area (Å²) in [5.41, 5.74) is 1.72. The number of carbonyl (C=O) groups is 2. The molecule has 6 nitrogen and oxygen atoms in total. The highest BCUT2D eigenvalue weighted by atomic mass is 19.1. The van der Waals surface area contributed by atoms with Crippen LogP contribution in [0.3, 0.4) is 0 Å². The third kappa shape index (κ3) is 8.57. The van der Waals surface area contributed by atoms with Crippen molar-refractivity contribution >= 4 is 11.8 Å². The highest BCUT2D eigenvalue weighted by molar-refractivity contribution is 5.88. The number of aryl methyl sites for hydroxylation is 1. The molecule has 0 bridgehead atoms. The molecule has 0 aromatic heterocycles. The summed E-state index contributed by atoms with van der Waals surface area (Å²) >= 11 is 0. The van der Waals surface area contributed by atoms with Crippen LogP contribution in [0, 0.1) is 5.82 Å². The Kier molecular flexibility index (Phi) is 11.5. The second-order valence-corrected chi connectivity index (χ2v) is 8.54. The van der Waals surface area contributed by atoms with Crippen molar-refractivity contribution in [2.75, 3.05) is 13.2 Å². The number of nitrogens with zero attached hydrogens (tertiary/aromatic N) is 1. The summed E-state index contributed by atoms with van der Waals surface area (Å²) < 4.78 is 24.8. The van der Waals surface area contributed by atoms with Crippen LogP contribution in [-0.2, 0) is 22.6 Å². The number of halogens is 1. The van der Waals surface area contributed by atoms with Gasteiger partial charge in [-0.3, -0.25) is 9.59 Å². The summed E-state index contributed by atoms with van der Waals surface area (Å²) in [6.45, 7) is 10.9. The number of carbonyl (C=O) groups excluding carboxylic acids is 2. The summed E-state index contributed by atoms with van der Waals surface area (Å²) in [4.78, 5) is 28.1. The van der Waals surface area contributed by atoms with Gasteiger partial charge in [-0.15, -0.1) is 0 Å². The third-order valence-corrected chi connectivity index (χ3v) is 5.89. The summed E-state index contributed by atoms with van der Waals surface area (Å²) in [5, 5.41) is 3.00. The molecular weight excluding hydrogens is 447 g/mol. The van der Waals surface area contributed by atoms with E-state index in [1.165, 1.54) is 12.1 Å². The van der Waals surface area contributed by atoms with Crippen molar-refractivity contribution in [2.24, 2.45) is 0 Å². The molecule has 0 radical (unpaired) electrons. The Balaban J connectivity index is 2.23. The zero-order valence-electron chi connectivity index (χ0n) is 21.6. The van der Waals surface area contributed by atoms with E-state index in [4.69, 9.17) is 9.47 Å². The molecule has 0 saturated carbocycles. The largest absolute Gasteiger partial charge is 0.490 e. The lowest BCUT2D eigenvalue weighted by Crippen LogP contribution is -2.50. The summed E-state index contributed by atoms with van der Waals surface area (Å²) in [5.74, 6) is 0.690. The first-order chi connectivity index (χ1) is 16.8. The fourth-order valence-electron chi connectivity index (χ4n) is 3.79. The average Bonchev–Trinajstić information content (AvgIpc) is 2.85. The van der Waals surface area contributed by atoms with Gasteiger partial charge in [-0.25, -0.2) is 4.39 Å². The first-order valence-corrected chi connectivity index (χ1v) is 12.6. The van der Waals surface area contributed by atoms with Gasteiger partial charge in [-0.05, 0) is 75.4 Å². The van der Waals surface area contributed by atoms with Crippen molar-refractivity contribution in [3.05, 3.63) is 59.4 Å². The number of nitrogens with one attached hydrogen (secondary N) is 1. The maximum atomic E-state index is 13.4. The predicted molar refractivity (Wildman–Crippen MR) is 136 cm³/mol. The van der Waals surface area contributed by atoms with E-state index in [0.29, 0.717) is 37.6 Å². The highest BCUT2D eigenvalue weighted by Gasteiger charge is 2.29. The molecule has 2 aromatic carbocycles. The fraction of sp³-hybridized carbons (Fsp3) is 0.500. The van der Waals surface area contributed by atoms with Crippen LogP contribution in [0.4, 0.5) is 4.39 Å². The lowest BCUT2D eigenvalue weighted by molar-refractivity contribution is -0.141. The van der Waals surface area contributed by atoms with Gasteiger partial charge in [0.2, 0.25) is 11.8 Å². The van der Waals surface area contributed by atoms with Crippen molar-refractivity contribution in [3.63, 3.8) is 0 Å². The van der Waals surface area contributed by atoms with Crippen LogP contribution in [0.1, 0.15) is 65.0 Å². The minimum atomic E-state index is -0.610. The summed E-state index contributed by atoms with van der Waals surface area (Å²) in [6.07, 6.45) is 2.00. The molecule has 0 aliphatic heterocycles. The normalized spacial score (nSPS) is 12.5. The molecule has 0 saturated heterocycles. The smallest absolute Gasteiger partial charge is 0.243 e. The summed E-state index contributed by atoms with van der Waals surface area (Å²) in [6, 6.07) is 11.1. The zero-order valence-corrected chi connectivity index (χ0v) is 21.6. The standard InChI is InChI=1S/C28H39FN2O4/c1-6-20(5)30-28(33)24(7-2)31(19-22-10-14-23(29)15-11-22)27(32)17-13-21-12-16-25(34-8-3)26(18-21)35-9-4/h10-12,14-16,18,20,24H,6-9,13,17,19H2,1-5H3,(H,30,33). The van der Waals surface area contributed by atoms with E-state index in [1.807, 2.05) is 52.8 Å². The second kappa shape index (κ2) is 14.3. The van der Waals surface area contributed by atoms with Gasteiger partial charge in [0.15, 0.2) is 11.5 Å². The van der Waals surface area contributed by atoms with Crippen molar-refractivity contribution < 1.29 is 23.5 Å². The molecule has 0 aliphatic rings. The van der Waals surface area contributed by atoms with Gasteiger partial charge in [-0.2, -0.15) is 0 Å². The molecular formula is C28H39FN2O4. The number of hydrogen-bond acceptors (Lipinski definition) is 4. The van der Waals surface area contributed by atoms with Crippen molar-refractivity contribution in [1.29, 1.82) is 0 Å². The predicted octanol–water partition coefficient (Wildman–Crippen LogP) is 5.28. The molecule has 2 aromatic rings. The Labute approximate surface area is 208 Å². The van der Waals surface area contributed by atoms with Crippen molar-refractivity contribution in [2.45, 2.75) is 78.9 Å².